The Morgan fingerprint density at radius 2 is 0.615 bits per heavy atom. The van der Waals surface area contributed by atoms with Gasteiger partial charge in [0.1, 0.15) is 0 Å². The van der Waals surface area contributed by atoms with Gasteiger partial charge < -0.3 is 14.4 Å². The summed E-state index contributed by atoms with van der Waals surface area (Å²) in [4.78, 5) is 4.80. The van der Waals surface area contributed by atoms with Gasteiger partial charge in [0.25, 0.3) is 0 Å². The maximum atomic E-state index is 2.44. The van der Waals surface area contributed by atoms with Gasteiger partial charge in [-0.2, -0.15) is 0 Å². The number of rotatable bonds is 9. The second kappa shape index (κ2) is 18.1. The molecule has 1 aliphatic rings. The van der Waals surface area contributed by atoms with Gasteiger partial charge in [-0.3, -0.25) is 0 Å². The van der Waals surface area contributed by atoms with Crippen molar-refractivity contribution < 1.29 is 0 Å². The van der Waals surface area contributed by atoms with Crippen LogP contribution >= 0.6 is 0 Å². The van der Waals surface area contributed by atoms with Crippen LogP contribution in [0, 0.1) is 0 Å². The fraction of sp³-hybridized carbons (Fsp3) is 0.0400. The predicted molar refractivity (Wildman–Crippen MR) is 331 cm³/mol. The third-order valence-corrected chi connectivity index (χ3v) is 16.5. The summed E-state index contributed by atoms with van der Waals surface area (Å²) in [6.45, 7) is 4.77. The SMILES string of the molecule is CC1(C)c2cc(N(c3ccccc3)c3ccccc3)ccc2-c2ccc(N(c3ccc(-c4ccc5c6ccccc6c6ccccc6c5c4)cc3)c3ccc(-c4ccc5c(c4)c4ccccc4n5-c4ccccc4)cc3)cc21. The Hall–Kier alpha value is -9.96. The Morgan fingerprint density at radius 3 is 1.13 bits per heavy atom. The van der Waals surface area contributed by atoms with Gasteiger partial charge in [-0.05, 0) is 186 Å². The third-order valence-electron chi connectivity index (χ3n) is 16.5. The molecular weight excluding hydrogens is 943 g/mol. The molecule has 0 bridgehead atoms. The van der Waals surface area contributed by atoms with Gasteiger partial charge in [0.15, 0.2) is 0 Å². The molecule has 368 valence electrons. The van der Waals surface area contributed by atoms with Gasteiger partial charge in [0, 0.05) is 56.0 Å². The molecule has 0 atom stereocenters. The zero-order valence-corrected chi connectivity index (χ0v) is 43.5. The van der Waals surface area contributed by atoms with Crippen LogP contribution in [0.1, 0.15) is 25.0 Å². The molecule has 3 heteroatoms. The van der Waals surface area contributed by atoms with Gasteiger partial charge in [-0.1, -0.05) is 190 Å². The molecule has 1 heterocycles. The first kappa shape index (κ1) is 45.4. The molecule has 78 heavy (non-hydrogen) atoms. The van der Waals surface area contributed by atoms with Crippen molar-refractivity contribution in [2.75, 3.05) is 9.80 Å². The van der Waals surface area contributed by atoms with Crippen molar-refractivity contribution in [3.05, 3.63) is 296 Å². The second-order valence-corrected chi connectivity index (χ2v) is 21.3. The van der Waals surface area contributed by atoms with Crippen molar-refractivity contribution in [3.8, 4) is 39.1 Å². The van der Waals surface area contributed by atoms with Crippen LogP contribution in [0.2, 0.25) is 0 Å². The Labute approximate surface area is 454 Å². The molecule has 0 aliphatic heterocycles. The van der Waals surface area contributed by atoms with Crippen LogP contribution in [0.25, 0.3) is 93.2 Å². The van der Waals surface area contributed by atoms with Crippen molar-refractivity contribution in [2.24, 2.45) is 0 Å². The maximum absolute atomic E-state index is 2.44. The normalized spacial score (nSPS) is 12.6. The second-order valence-electron chi connectivity index (χ2n) is 21.3. The highest BCUT2D eigenvalue weighted by atomic mass is 15.1. The number of fused-ring (bicyclic) bond motifs is 12. The van der Waals surface area contributed by atoms with Crippen molar-refractivity contribution in [2.45, 2.75) is 19.3 Å². The lowest BCUT2D eigenvalue weighted by atomic mass is 9.82. The zero-order valence-electron chi connectivity index (χ0n) is 43.5. The van der Waals surface area contributed by atoms with E-state index in [-0.39, 0.29) is 5.41 Å². The van der Waals surface area contributed by atoms with Crippen LogP contribution in [-0.2, 0) is 5.41 Å². The summed E-state index contributed by atoms with van der Waals surface area (Å²) >= 11 is 0. The van der Waals surface area contributed by atoms with Crippen LogP contribution < -0.4 is 9.80 Å². The third kappa shape index (κ3) is 7.34. The molecule has 1 aliphatic carbocycles. The van der Waals surface area contributed by atoms with E-state index in [0.29, 0.717) is 0 Å². The van der Waals surface area contributed by atoms with Gasteiger partial charge in [-0.25, -0.2) is 0 Å². The van der Waals surface area contributed by atoms with Crippen molar-refractivity contribution in [1.29, 1.82) is 0 Å². The fourth-order valence-electron chi connectivity index (χ4n) is 12.7. The number of anilines is 6. The summed E-state index contributed by atoms with van der Waals surface area (Å²) in [5.41, 5.74) is 19.9. The molecule has 0 saturated heterocycles. The molecule has 0 fully saturated rings. The lowest BCUT2D eigenvalue weighted by Gasteiger charge is -2.29. The Morgan fingerprint density at radius 1 is 0.256 bits per heavy atom. The molecule has 0 saturated carbocycles. The topological polar surface area (TPSA) is 11.4 Å². The van der Waals surface area contributed by atoms with Gasteiger partial charge >= 0.3 is 0 Å². The van der Waals surface area contributed by atoms with Crippen molar-refractivity contribution in [3.63, 3.8) is 0 Å². The minimum atomic E-state index is -0.275. The molecule has 0 radical (unpaired) electrons. The summed E-state index contributed by atoms with van der Waals surface area (Å²) < 4.78 is 2.38. The summed E-state index contributed by atoms with van der Waals surface area (Å²) in [6.07, 6.45) is 0. The van der Waals surface area contributed by atoms with Crippen LogP contribution in [0.15, 0.2) is 285 Å². The average Bonchev–Trinajstić information content (AvgIpc) is 4.11. The molecule has 14 aromatic rings. The fourth-order valence-corrected chi connectivity index (χ4v) is 12.7. The summed E-state index contributed by atoms with van der Waals surface area (Å²) in [6, 6.07) is 105. The molecule has 1 aromatic heterocycles. The monoisotopic (exact) mass is 995 g/mol. The summed E-state index contributed by atoms with van der Waals surface area (Å²) in [5, 5.41) is 10.2. The molecular formula is C75H53N3. The van der Waals surface area contributed by atoms with E-state index in [1.165, 1.54) is 98.6 Å². The van der Waals surface area contributed by atoms with Crippen molar-refractivity contribution in [1.82, 2.24) is 4.57 Å². The molecule has 15 rings (SSSR count). The van der Waals surface area contributed by atoms with Crippen LogP contribution in [0.5, 0.6) is 0 Å². The van der Waals surface area contributed by atoms with E-state index >= 15 is 0 Å². The first-order valence-electron chi connectivity index (χ1n) is 27.1. The van der Waals surface area contributed by atoms with E-state index in [4.69, 9.17) is 0 Å². The van der Waals surface area contributed by atoms with Crippen LogP contribution in [0.4, 0.5) is 34.1 Å². The number of para-hydroxylation sites is 4. The number of nitrogens with zero attached hydrogens (tertiary/aromatic N) is 3. The lowest BCUT2D eigenvalue weighted by Crippen LogP contribution is -2.17. The molecule has 3 nitrogen and oxygen atoms in total. The molecule has 0 spiro atoms. The van der Waals surface area contributed by atoms with E-state index in [2.05, 4.69) is 313 Å². The first-order chi connectivity index (χ1) is 38.4. The van der Waals surface area contributed by atoms with Gasteiger partial charge in [-0.15, -0.1) is 0 Å². The number of hydrogen-bond acceptors (Lipinski definition) is 2. The van der Waals surface area contributed by atoms with E-state index in [1.54, 1.807) is 0 Å². The van der Waals surface area contributed by atoms with E-state index in [0.717, 1.165) is 39.8 Å². The van der Waals surface area contributed by atoms with E-state index < -0.39 is 0 Å². The highest BCUT2D eigenvalue weighted by Crippen LogP contribution is 2.53. The quantitative estimate of drug-likeness (QED) is 0.134. The predicted octanol–water partition coefficient (Wildman–Crippen LogP) is 20.8. The standard InChI is InChI=1S/C75H53N3/c1-75(2)71-48-59(76(54-18-6-3-7-19-54)55-20-8-4-9-21-55)40-43-66(71)67-44-41-60(49-72(67)75)77(57-36-30-50(31-37-57)52-34-42-65-63-26-13-12-24-61(63)62-25-14-15-27-64(62)69(65)46-52)58-38-32-51(33-39-58)53-35-45-74-70(47-53)68-28-16-17-29-73(68)78(74)56-22-10-5-11-23-56/h3-49H,1-2H3. The lowest BCUT2D eigenvalue weighted by molar-refractivity contribution is 0.660. The largest absolute Gasteiger partial charge is 0.310 e. The number of hydrogen-bond donors (Lipinski definition) is 0. The Kier molecular flexibility index (Phi) is 10.6. The molecule has 0 N–H and O–H groups in total. The zero-order chi connectivity index (χ0) is 51.9. The average molecular weight is 996 g/mol. The highest BCUT2D eigenvalue weighted by molar-refractivity contribution is 6.25. The van der Waals surface area contributed by atoms with Crippen LogP contribution in [-0.4, -0.2) is 4.57 Å². The maximum Gasteiger partial charge on any atom is 0.0541 e. The van der Waals surface area contributed by atoms with Crippen LogP contribution in [0.3, 0.4) is 0 Å². The first-order valence-corrected chi connectivity index (χ1v) is 27.1. The summed E-state index contributed by atoms with van der Waals surface area (Å²) in [5.74, 6) is 0. The molecule has 13 aromatic carbocycles. The highest BCUT2D eigenvalue weighted by Gasteiger charge is 2.37. The van der Waals surface area contributed by atoms with Gasteiger partial charge in [0.05, 0.1) is 11.0 Å². The van der Waals surface area contributed by atoms with E-state index in [1.807, 2.05) is 0 Å². The minimum absolute atomic E-state index is 0.275. The number of aromatic nitrogens is 1. The minimum Gasteiger partial charge on any atom is -0.310 e. The molecule has 0 amide bonds. The molecule has 0 unspecified atom stereocenters. The van der Waals surface area contributed by atoms with E-state index in [9.17, 15) is 0 Å². The van der Waals surface area contributed by atoms with Gasteiger partial charge in [0.2, 0.25) is 0 Å². The Balaban J connectivity index is 0.832. The summed E-state index contributed by atoms with van der Waals surface area (Å²) in [7, 11) is 0. The van der Waals surface area contributed by atoms with Crippen molar-refractivity contribution >= 4 is 88.2 Å². The smallest absolute Gasteiger partial charge is 0.0541 e. The number of benzene rings is 13. The Bertz CT molecular complexity index is 4540.